The molecule has 0 bridgehead atoms. The molecule has 1 atom stereocenters. The Hall–Kier alpha value is -7.01. The molecular weight excluding hydrogens is 844 g/mol. The van der Waals surface area contributed by atoms with E-state index in [1.54, 1.807) is 53.1 Å². The second-order valence-corrected chi connectivity index (χ2v) is 14.0. The number of morpholine rings is 2. The number of anilines is 1. The molecule has 2 aliphatic heterocycles. The normalized spacial score (nSPS) is 16.5. The van der Waals surface area contributed by atoms with Gasteiger partial charge in [0.05, 0.1) is 51.3 Å². The van der Waals surface area contributed by atoms with Gasteiger partial charge in [-0.15, -0.1) is 20.4 Å². The van der Waals surface area contributed by atoms with Gasteiger partial charge in [-0.2, -0.15) is 26.3 Å². The first-order valence-electron chi connectivity index (χ1n) is 19.1. The Morgan fingerprint density at radius 2 is 1.32 bits per heavy atom. The van der Waals surface area contributed by atoms with Crippen molar-refractivity contribution in [2.45, 2.75) is 38.5 Å². The van der Waals surface area contributed by atoms with Crippen LogP contribution in [0.5, 0.6) is 0 Å². The second-order valence-electron chi connectivity index (χ2n) is 14.0. The Balaban J connectivity index is 1.09. The molecule has 0 aliphatic carbocycles. The van der Waals surface area contributed by atoms with Crippen molar-refractivity contribution in [1.82, 2.24) is 45.1 Å². The number of ether oxygens (including phenoxy) is 2. The van der Waals surface area contributed by atoms with Gasteiger partial charge in [-0.25, -0.2) is 19.6 Å². The van der Waals surface area contributed by atoms with Crippen LogP contribution in [-0.4, -0.2) is 116 Å². The maximum atomic E-state index is 14.3. The number of halogens is 6. The maximum absolute atomic E-state index is 14.3. The van der Waals surface area contributed by atoms with E-state index >= 15 is 0 Å². The number of hydrogen-bond acceptors (Lipinski definition) is 13. The molecule has 0 spiro atoms. The number of urea groups is 2. The van der Waals surface area contributed by atoms with Gasteiger partial charge in [0.25, 0.3) is 0 Å². The van der Waals surface area contributed by atoms with Crippen LogP contribution in [0.4, 0.5) is 41.9 Å². The molecule has 4 amide bonds. The number of aromatic nitrogens is 6. The molecule has 2 fully saturated rings. The number of rotatable bonds is 11. The van der Waals surface area contributed by atoms with Crippen LogP contribution in [0.15, 0.2) is 104 Å². The Bertz CT molecular complexity index is 2430. The molecule has 63 heavy (non-hydrogen) atoms. The lowest BCUT2D eigenvalue weighted by atomic mass is 10.1. The first kappa shape index (κ1) is 44.1. The molecule has 1 unspecified atom stereocenters. The van der Waals surface area contributed by atoms with E-state index in [1.807, 2.05) is 0 Å². The Kier molecular flexibility index (Phi) is 13.2. The molecule has 0 radical (unpaired) electrons. The number of allylic oxidation sites excluding steroid dienone is 1. The van der Waals surface area contributed by atoms with Gasteiger partial charge < -0.3 is 28.1 Å². The third-order valence-electron chi connectivity index (χ3n) is 9.71. The van der Waals surface area contributed by atoms with Gasteiger partial charge in [-0.1, -0.05) is 24.3 Å². The number of amides is 4. The summed E-state index contributed by atoms with van der Waals surface area (Å²) in [6.07, 6.45) is -4.18. The molecule has 2 aromatic carbocycles. The summed E-state index contributed by atoms with van der Waals surface area (Å²) in [6, 6.07) is 13.2. The summed E-state index contributed by atoms with van der Waals surface area (Å²) in [6.45, 7) is 7.12. The van der Waals surface area contributed by atoms with E-state index in [4.69, 9.17) is 18.3 Å². The summed E-state index contributed by atoms with van der Waals surface area (Å²) in [4.78, 5) is 47.1. The van der Waals surface area contributed by atoms with Crippen molar-refractivity contribution in [2.75, 3.05) is 50.9 Å². The minimum absolute atomic E-state index is 0.00585. The first-order valence-corrected chi connectivity index (χ1v) is 19.1. The van der Waals surface area contributed by atoms with E-state index in [1.165, 1.54) is 52.7 Å². The summed E-state index contributed by atoms with van der Waals surface area (Å²) in [5, 5.41) is 13.1. The summed E-state index contributed by atoms with van der Waals surface area (Å²) in [7, 11) is 0. The van der Waals surface area contributed by atoms with Crippen LogP contribution in [0.2, 0.25) is 0 Å². The third-order valence-corrected chi connectivity index (χ3v) is 9.71. The van der Waals surface area contributed by atoms with Gasteiger partial charge in [0.1, 0.15) is 0 Å². The molecule has 5 heterocycles. The quantitative estimate of drug-likeness (QED) is 0.0763. The van der Waals surface area contributed by atoms with Crippen LogP contribution in [0.1, 0.15) is 29.8 Å². The van der Waals surface area contributed by atoms with E-state index in [-0.39, 0.29) is 67.7 Å². The molecule has 0 saturated carbocycles. The predicted molar refractivity (Wildman–Crippen MR) is 209 cm³/mol. The molecule has 3 aromatic heterocycles. The zero-order chi connectivity index (χ0) is 44.7. The Morgan fingerprint density at radius 1 is 0.778 bits per heavy atom. The topological polar surface area (TPSA) is 182 Å². The lowest BCUT2D eigenvalue weighted by molar-refractivity contribution is -0.157. The molecule has 5 aromatic rings. The van der Waals surface area contributed by atoms with Crippen LogP contribution in [0.25, 0.3) is 22.9 Å². The number of alkyl halides is 6. The van der Waals surface area contributed by atoms with Crippen LogP contribution in [-0.2, 0) is 34.9 Å². The van der Waals surface area contributed by atoms with E-state index in [0.29, 0.717) is 48.7 Å². The van der Waals surface area contributed by atoms with E-state index in [0.717, 1.165) is 0 Å². The van der Waals surface area contributed by atoms with Gasteiger partial charge in [0.2, 0.25) is 17.7 Å². The summed E-state index contributed by atoms with van der Waals surface area (Å²) < 4.78 is 99.5. The fourth-order valence-corrected chi connectivity index (χ4v) is 6.50. The highest BCUT2D eigenvalue weighted by molar-refractivity contribution is 5.90. The number of carbonyl (C=O) groups is 2. The predicted octanol–water partition coefficient (Wildman–Crippen LogP) is 6.88. The van der Waals surface area contributed by atoms with Gasteiger partial charge in [0.15, 0.2) is 0 Å². The van der Waals surface area contributed by atoms with Crippen LogP contribution in [0.3, 0.4) is 0 Å². The first-order chi connectivity index (χ1) is 30.2. The molecule has 0 N–H and O–H groups in total. The zero-order valence-corrected chi connectivity index (χ0v) is 33.3. The molecule has 23 heteroatoms. The summed E-state index contributed by atoms with van der Waals surface area (Å²) in [5.74, 6) is -3.50. The molecule has 17 nitrogen and oxygen atoms in total. The smallest absolute Gasteiger partial charge is 0.413 e. The number of aliphatic imine (C=N–C) groups is 1. The number of nitrogens with zero attached hydrogens (tertiary/aromatic N) is 11. The van der Waals surface area contributed by atoms with E-state index < -0.39 is 36.3 Å². The molecule has 2 aliphatic rings. The Morgan fingerprint density at radius 3 is 1.84 bits per heavy atom. The molecule has 330 valence electrons. The average Bonchev–Trinajstić information content (AvgIpc) is 4.01. The SMILES string of the molecule is C=N/C=C(\C=C(/C)C1CN(C(=O)N(Cc2ccc(-c3nnc(C(F)(F)F)o3)cc2)c2ncccn2)CCO1)N(Cc1ccc(-c2nnc(C(F)(F)F)o2)cc1)C(=O)N1CCOCC1. The van der Waals surface area contributed by atoms with Gasteiger partial charge >= 0.3 is 36.2 Å². The van der Waals surface area contributed by atoms with Crippen molar-refractivity contribution in [3.05, 3.63) is 113 Å². The largest absolute Gasteiger partial charge is 0.470 e. The highest BCUT2D eigenvalue weighted by Gasteiger charge is 2.39. The minimum Gasteiger partial charge on any atom is -0.413 e. The van der Waals surface area contributed by atoms with E-state index in [9.17, 15) is 35.9 Å². The Labute approximate surface area is 354 Å². The molecule has 7 rings (SSSR count). The summed E-state index contributed by atoms with van der Waals surface area (Å²) >= 11 is 0. The fraction of sp³-hybridized carbons (Fsp3) is 0.325. The molecular formula is C40H37F6N11O6. The van der Waals surface area contributed by atoms with Gasteiger partial charge in [-0.05, 0) is 66.7 Å². The van der Waals surface area contributed by atoms with Crippen molar-refractivity contribution in [3.8, 4) is 22.9 Å². The number of benzene rings is 2. The van der Waals surface area contributed by atoms with E-state index in [2.05, 4.69) is 42.1 Å². The summed E-state index contributed by atoms with van der Waals surface area (Å²) in [5.41, 5.74) is 2.63. The maximum Gasteiger partial charge on any atom is 0.470 e. The third kappa shape index (κ3) is 10.7. The van der Waals surface area contributed by atoms with Gasteiger partial charge in [0, 0.05) is 49.4 Å². The lowest BCUT2D eigenvalue weighted by Gasteiger charge is -2.37. The highest BCUT2D eigenvalue weighted by atomic mass is 19.4. The van der Waals surface area contributed by atoms with Crippen molar-refractivity contribution < 1.29 is 54.2 Å². The van der Waals surface area contributed by atoms with Crippen molar-refractivity contribution in [2.24, 2.45) is 4.99 Å². The van der Waals surface area contributed by atoms with Crippen molar-refractivity contribution >= 4 is 24.7 Å². The number of carbonyl (C=O) groups excluding carboxylic acids is 2. The standard InChI is InChI=1S/C40H37F6N11O6/c1-25(20-30(21-47-2)56(37(58)54-14-17-60-18-15-54)22-26-4-8-28(9-5-26)32-50-52-34(62-32)39(41,42)43)31-24-55(16-19-61-31)38(59)57(36-48-12-3-13-49-36)23-27-6-10-29(11-7-27)33-51-53-35(63-33)40(44,45)46/h3-13,20-21,31H,2,14-19,22-24H2,1H3/b25-20+,30-21+. The highest BCUT2D eigenvalue weighted by Crippen LogP contribution is 2.32. The van der Waals surface area contributed by atoms with Crippen molar-refractivity contribution in [1.29, 1.82) is 0 Å². The van der Waals surface area contributed by atoms with Crippen LogP contribution >= 0.6 is 0 Å². The molecule has 2 saturated heterocycles. The monoisotopic (exact) mass is 881 g/mol. The van der Waals surface area contributed by atoms with Crippen LogP contribution < -0.4 is 4.90 Å². The number of hydrogen-bond donors (Lipinski definition) is 0. The average molecular weight is 882 g/mol. The lowest BCUT2D eigenvalue weighted by Crippen LogP contribution is -2.51. The van der Waals surface area contributed by atoms with Gasteiger partial charge in [-0.3, -0.25) is 14.8 Å². The minimum atomic E-state index is -4.80. The second kappa shape index (κ2) is 18.9. The fourth-order valence-electron chi connectivity index (χ4n) is 6.50. The van der Waals surface area contributed by atoms with Crippen LogP contribution in [0, 0.1) is 0 Å². The zero-order valence-electron chi connectivity index (χ0n) is 33.3. The van der Waals surface area contributed by atoms with Crippen molar-refractivity contribution in [3.63, 3.8) is 0 Å².